The highest BCUT2D eigenvalue weighted by Crippen LogP contribution is 2.29. The summed E-state index contributed by atoms with van der Waals surface area (Å²) in [6.45, 7) is 1.83. The van der Waals surface area contributed by atoms with Crippen molar-refractivity contribution in [1.29, 1.82) is 0 Å². The van der Waals surface area contributed by atoms with Crippen LogP contribution in [0.3, 0.4) is 0 Å². The maximum Gasteiger partial charge on any atom is 0.407 e. The number of aromatic nitrogens is 1. The minimum absolute atomic E-state index is 0.138. The van der Waals surface area contributed by atoms with Gasteiger partial charge < -0.3 is 10.4 Å². The van der Waals surface area contributed by atoms with Gasteiger partial charge in [0.1, 0.15) is 6.04 Å². The van der Waals surface area contributed by atoms with Gasteiger partial charge >= 0.3 is 6.09 Å². The lowest BCUT2D eigenvalue weighted by atomic mass is 10.1. The maximum atomic E-state index is 12.7. The Hall–Kier alpha value is -2.94. The molecule has 1 aliphatic rings. The zero-order chi connectivity index (χ0) is 19.6. The van der Waals surface area contributed by atoms with Crippen molar-refractivity contribution in [3.63, 3.8) is 0 Å². The second-order valence-corrected chi connectivity index (χ2v) is 7.14. The highest BCUT2D eigenvalue weighted by Gasteiger charge is 2.36. The first kappa shape index (κ1) is 18.8. The van der Waals surface area contributed by atoms with Gasteiger partial charge in [0.15, 0.2) is 5.13 Å². The van der Waals surface area contributed by atoms with Gasteiger partial charge in [-0.2, -0.15) is 0 Å². The Balaban J connectivity index is 1.74. The van der Waals surface area contributed by atoms with Gasteiger partial charge in [0.25, 0.3) is 5.91 Å². The quantitative estimate of drug-likeness (QED) is 0.838. The van der Waals surface area contributed by atoms with Crippen LogP contribution in [0.1, 0.15) is 19.8 Å². The van der Waals surface area contributed by atoms with Crippen LogP contribution in [-0.4, -0.2) is 52.5 Å². The van der Waals surface area contributed by atoms with Crippen LogP contribution in [0.25, 0.3) is 11.3 Å². The molecule has 27 heavy (non-hydrogen) atoms. The molecule has 0 saturated carbocycles. The third-order valence-electron chi connectivity index (χ3n) is 4.39. The second-order valence-electron chi connectivity index (χ2n) is 6.31. The number of carbonyl (C=O) groups excluding carboxylic acids is 2. The van der Waals surface area contributed by atoms with E-state index in [1.165, 1.54) is 28.1 Å². The van der Waals surface area contributed by atoms with Crippen LogP contribution in [0.5, 0.6) is 0 Å². The Morgan fingerprint density at radius 3 is 2.63 bits per heavy atom. The minimum atomic E-state index is -1.07. The normalized spacial score (nSPS) is 16.2. The standard InChI is InChI=1S/C18H20N4O4S/c1-11(23)19-13-7-5-12(6-8-13)14-10-27-17(20-14)21(2)16(24)15-4-3-9-22(15)18(25)26/h5-8,10,15H,3-4,9H2,1-2H3,(H,19,23)(H,25,26)/t15-/m0/s1. The van der Waals surface area contributed by atoms with E-state index in [-0.39, 0.29) is 11.8 Å². The Bertz CT molecular complexity index is 865. The number of thiazole rings is 1. The SMILES string of the molecule is CC(=O)Nc1ccc(-c2csc(N(C)C(=O)[C@@H]3CCCN3C(=O)O)n2)cc1. The van der Waals surface area contributed by atoms with Gasteiger partial charge in [-0.3, -0.25) is 19.4 Å². The molecule has 1 aromatic carbocycles. The van der Waals surface area contributed by atoms with E-state index >= 15 is 0 Å². The van der Waals surface area contributed by atoms with Gasteiger partial charge in [-0.1, -0.05) is 12.1 Å². The molecule has 1 aromatic heterocycles. The van der Waals surface area contributed by atoms with Crippen molar-refractivity contribution in [2.45, 2.75) is 25.8 Å². The summed E-state index contributed by atoms with van der Waals surface area (Å²) in [7, 11) is 1.61. The number of carbonyl (C=O) groups is 3. The second kappa shape index (κ2) is 7.75. The fourth-order valence-electron chi connectivity index (χ4n) is 3.05. The van der Waals surface area contributed by atoms with Crippen LogP contribution in [-0.2, 0) is 9.59 Å². The average Bonchev–Trinajstić information content (AvgIpc) is 3.30. The largest absolute Gasteiger partial charge is 0.465 e. The van der Waals surface area contributed by atoms with Crippen molar-refractivity contribution in [2.24, 2.45) is 0 Å². The first-order valence-electron chi connectivity index (χ1n) is 8.47. The Kier molecular flexibility index (Phi) is 5.41. The summed E-state index contributed by atoms with van der Waals surface area (Å²) in [6, 6.07) is 6.60. The molecule has 2 N–H and O–H groups in total. The van der Waals surface area contributed by atoms with Gasteiger partial charge in [-0.15, -0.1) is 11.3 Å². The molecule has 1 aliphatic heterocycles. The summed E-state index contributed by atoms with van der Waals surface area (Å²) < 4.78 is 0. The fraction of sp³-hybridized carbons (Fsp3) is 0.333. The van der Waals surface area contributed by atoms with E-state index in [9.17, 15) is 19.5 Å². The molecule has 0 radical (unpaired) electrons. The third-order valence-corrected chi connectivity index (χ3v) is 5.31. The molecule has 1 fully saturated rings. The lowest BCUT2D eigenvalue weighted by Gasteiger charge is -2.24. The molecule has 2 heterocycles. The Morgan fingerprint density at radius 2 is 2.00 bits per heavy atom. The zero-order valence-electron chi connectivity index (χ0n) is 15.0. The minimum Gasteiger partial charge on any atom is -0.465 e. The number of benzene rings is 1. The van der Waals surface area contributed by atoms with Crippen LogP contribution < -0.4 is 10.2 Å². The number of hydrogen-bond donors (Lipinski definition) is 2. The smallest absolute Gasteiger partial charge is 0.407 e. The van der Waals surface area contributed by atoms with Gasteiger partial charge in [-0.25, -0.2) is 9.78 Å². The number of rotatable bonds is 4. The van der Waals surface area contributed by atoms with E-state index in [1.807, 2.05) is 17.5 Å². The molecule has 0 bridgehead atoms. The van der Waals surface area contributed by atoms with Crippen molar-refractivity contribution in [1.82, 2.24) is 9.88 Å². The number of likely N-dealkylation sites (tertiary alicyclic amines) is 1. The van der Waals surface area contributed by atoms with E-state index in [4.69, 9.17) is 0 Å². The molecule has 8 nitrogen and oxygen atoms in total. The molecule has 9 heteroatoms. The average molecular weight is 388 g/mol. The van der Waals surface area contributed by atoms with Crippen LogP contribution in [0, 0.1) is 0 Å². The number of nitrogens with one attached hydrogen (secondary N) is 1. The van der Waals surface area contributed by atoms with E-state index in [2.05, 4.69) is 10.3 Å². The number of amides is 3. The predicted octanol–water partition coefficient (Wildman–Crippen LogP) is 2.87. The van der Waals surface area contributed by atoms with Gasteiger partial charge in [0.2, 0.25) is 5.91 Å². The third kappa shape index (κ3) is 4.08. The summed E-state index contributed by atoms with van der Waals surface area (Å²) in [5, 5.41) is 14.3. The Labute approximate surface area is 160 Å². The zero-order valence-corrected chi connectivity index (χ0v) is 15.8. The number of hydrogen-bond acceptors (Lipinski definition) is 5. The summed E-state index contributed by atoms with van der Waals surface area (Å²) >= 11 is 1.32. The molecule has 0 aliphatic carbocycles. The molecule has 0 spiro atoms. The number of nitrogens with zero attached hydrogens (tertiary/aromatic N) is 3. The molecule has 3 rings (SSSR count). The summed E-state index contributed by atoms with van der Waals surface area (Å²) in [5.74, 6) is -0.405. The highest BCUT2D eigenvalue weighted by molar-refractivity contribution is 7.14. The highest BCUT2D eigenvalue weighted by atomic mass is 32.1. The molecule has 142 valence electrons. The van der Waals surface area contributed by atoms with E-state index < -0.39 is 12.1 Å². The van der Waals surface area contributed by atoms with Gasteiger partial charge in [0, 0.05) is 37.1 Å². The fourth-order valence-corrected chi connectivity index (χ4v) is 3.85. The van der Waals surface area contributed by atoms with Crippen LogP contribution >= 0.6 is 11.3 Å². The van der Waals surface area contributed by atoms with E-state index in [0.717, 1.165) is 5.56 Å². The molecule has 3 amide bonds. The predicted molar refractivity (Wildman–Crippen MR) is 103 cm³/mol. The van der Waals surface area contributed by atoms with Crippen LogP contribution in [0.15, 0.2) is 29.6 Å². The van der Waals surface area contributed by atoms with E-state index in [1.54, 1.807) is 19.2 Å². The van der Waals surface area contributed by atoms with Crippen molar-refractivity contribution in [3.05, 3.63) is 29.6 Å². The molecule has 0 unspecified atom stereocenters. The summed E-state index contributed by atoms with van der Waals surface area (Å²) in [4.78, 5) is 42.2. The van der Waals surface area contributed by atoms with Gasteiger partial charge in [0.05, 0.1) is 5.69 Å². The first-order chi connectivity index (χ1) is 12.9. The maximum absolute atomic E-state index is 12.7. The number of anilines is 2. The lowest BCUT2D eigenvalue weighted by Crippen LogP contribution is -2.46. The lowest BCUT2D eigenvalue weighted by molar-refractivity contribution is -0.122. The van der Waals surface area contributed by atoms with Crippen LogP contribution in [0.4, 0.5) is 15.6 Å². The Morgan fingerprint density at radius 1 is 1.30 bits per heavy atom. The molecule has 1 saturated heterocycles. The van der Waals surface area contributed by atoms with Crippen molar-refractivity contribution < 1.29 is 19.5 Å². The van der Waals surface area contributed by atoms with E-state index in [0.29, 0.717) is 35.9 Å². The van der Waals surface area contributed by atoms with Crippen molar-refractivity contribution >= 4 is 40.1 Å². The van der Waals surface area contributed by atoms with Crippen molar-refractivity contribution in [2.75, 3.05) is 23.8 Å². The number of carboxylic acid groups (broad SMARTS) is 1. The van der Waals surface area contributed by atoms with Crippen molar-refractivity contribution in [3.8, 4) is 11.3 Å². The summed E-state index contributed by atoms with van der Waals surface area (Å²) in [6.07, 6.45) is 0.136. The van der Waals surface area contributed by atoms with Gasteiger partial charge in [-0.05, 0) is 25.0 Å². The molecular weight excluding hydrogens is 368 g/mol. The molecule has 2 aromatic rings. The first-order valence-corrected chi connectivity index (χ1v) is 9.35. The van der Waals surface area contributed by atoms with Crippen LogP contribution in [0.2, 0.25) is 0 Å². The monoisotopic (exact) mass is 388 g/mol. The number of likely N-dealkylation sites (N-methyl/N-ethyl adjacent to an activating group) is 1. The molecule has 1 atom stereocenters. The topological polar surface area (TPSA) is 103 Å². The summed E-state index contributed by atoms with van der Waals surface area (Å²) in [5.41, 5.74) is 2.27. The molecular formula is C18H20N4O4S.